The fourth-order valence-electron chi connectivity index (χ4n) is 6.10. The lowest BCUT2D eigenvalue weighted by molar-refractivity contribution is -0.128. The molecule has 0 spiro atoms. The van der Waals surface area contributed by atoms with Crippen molar-refractivity contribution in [3.63, 3.8) is 0 Å². The Morgan fingerprint density at radius 3 is 2.87 bits per heavy atom. The Bertz CT molecular complexity index is 1270. The highest BCUT2D eigenvalue weighted by Gasteiger charge is 2.35. The third-order valence-electron chi connectivity index (χ3n) is 8.16. The predicted molar refractivity (Wildman–Crippen MR) is 152 cm³/mol. The van der Waals surface area contributed by atoms with E-state index < -0.39 is 0 Å². The number of amides is 1. The van der Waals surface area contributed by atoms with Crippen LogP contribution in [0.2, 0.25) is 0 Å². The van der Waals surface area contributed by atoms with Gasteiger partial charge in [0, 0.05) is 56.4 Å². The van der Waals surface area contributed by atoms with Gasteiger partial charge >= 0.3 is 6.01 Å². The van der Waals surface area contributed by atoms with Crippen molar-refractivity contribution in [1.82, 2.24) is 19.8 Å². The summed E-state index contributed by atoms with van der Waals surface area (Å²) in [6.45, 7) is 9.84. The Hall–Kier alpha value is -3.64. The summed E-state index contributed by atoms with van der Waals surface area (Å²) in [7, 11) is 4.03. The van der Waals surface area contributed by atoms with Crippen molar-refractivity contribution in [1.29, 1.82) is 5.26 Å². The van der Waals surface area contributed by atoms with E-state index >= 15 is 0 Å². The number of aromatic nitrogens is 2. The molecule has 9 nitrogen and oxygen atoms in total. The zero-order chi connectivity index (χ0) is 27.5. The van der Waals surface area contributed by atoms with Crippen LogP contribution in [0.25, 0.3) is 0 Å². The number of nitriles is 1. The van der Waals surface area contributed by atoms with Crippen LogP contribution in [-0.2, 0) is 24.1 Å². The highest BCUT2D eigenvalue weighted by atomic mass is 16.5. The molecule has 0 saturated carbocycles. The number of anilines is 2. The summed E-state index contributed by atoms with van der Waals surface area (Å²) >= 11 is 0. The topological polar surface area (TPSA) is 88.8 Å². The summed E-state index contributed by atoms with van der Waals surface area (Å²) in [5.74, 6) is 0.765. The lowest BCUT2D eigenvalue weighted by Crippen LogP contribution is -2.55. The molecule has 0 bridgehead atoms. The maximum Gasteiger partial charge on any atom is 0.318 e. The highest BCUT2D eigenvalue weighted by molar-refractivity contribution is 5.87. The number of piperazine rings is 1. The fraction of sp³-hybridized carbons (Fsp3) is 0.533. The summed E-state index contributed by atoms with van der Waals surface area (Å²) in [6.07, 6.45) is 5.46. The number of hydrogen-bond donors (Lipinski definition) is 0. The van der Waals surface area contributed by atoms with E-state index in [0.29, 0.717) is 38.3 Å². The summed E-state index contributed by atoms with van der Waals surface area (Å²) in [6, 6.07) is 9.63. The Morgan fingerprint density at radius 2 is 2.10 bits per heavy atom. The van der Waals surface area contributed by atoms with Crippen LogP contribution in [-0.4, -0.2) is 91.2 Å². The second-order valence-electron chi connectivity index (χ2n) is 11.1. The highest BCUT2D eigenvalue weighted by Crippen LogP contribution is 2.37. The van der Waals surface area contributed by atoms with Crippen LogP contribution >= 0.6 is 0 Å². The minimum atomic E-state index is -0.210. The van der Waals surface area contributed by atoms with Crippen molar-refractivity contribution in [2.24, 2.45) is 0 Å². The van der Waals surface area contributed by atoms with Gasteiger partial charge in [0.05, 0.1) is 24.2 Å². The van der Waals surface area contributed by atoms with Gasteiger partial charge in [-0.3, -0.25) is 4.79 Å². The molecule has 1 aromatic heterocycles. The second-order valence-corrected chi connectivity index (χ2v) is 11.1. The first-order valence-corrected chi connectivity index (χ1v) is 14.0. The van der Waals surface area contributed by atoms with E-state index in [1.807, 2.05) is 14.1 Å². The molecule has 9 heteroatoms. The number of fused-ring (bicyclic) bond motifs is 2. The molecule has 5 rings (SSSR count). The maximum atomic E-state index is 12.5. The van der Waals surface area contributed by atoms with Gasteiger partial charge < -0.3 is 24.3 Å². The molecule has 0 radical (unpaired) electrons. The van der Waals surface area contributed by atoms with Crippen LogP contribution in [0.5, 0.6) is 6.01 Å². The number of hydrogen-bond acceptors (Lipinski definition) is 8. The van der Waals surface area contributed by atoms with Crippen molar-refractivity contribution in [3.05, 3.63) is 53.2 Å². The molecule has 2 unspecified atom stereocenters. The molecule has 3 aliphatic rings. The number of nitrogens with zero attached hydrogens (tertiary/aromatic N) is 7. The zero-order valence-corrected chi connectivity index (χ0v) is 23.4. The van der Waals surface area contributed by atoms with Gasteiger partial charge in [0.25, 0.3) is 0 Å². The van der Waals surface area contributed by atoms with Gasteiger partial charge in [-0.1, -0.05) is 18.7 Å². The average Bonchev–Trinajstić information content (AvgIpc) is 3.35. The maximum absolute atomic E-state index is 12.5. The van der Waals surface area contributed by atoms with E-state index in [0.717, 1.165) is 50.3 Å². The summed E-state index contributed by atoms with van der Waals surface area (Å²) in [4.78, 5) is 30.9. The fourth-order valence-corrected chi connectivity index (χ4v) is 6.10. The predicted octanol–water partition coefficient (Wildman–Crippen LogP) is 2.76. The molecule has 3 heterocycles. The molecular weight excluding hydrogens is 490 g/mol. The normalized spacial score (nSPS) is 20.4. The van der Waals surface area contributed by atoms with Gasteiger partial charge in [0.15, 0.2) is 0 Å². The Kier molecular flexibility index (Phi) is 8.03. The number of carbonyl (C=O) groups is 1. The zero-order valence-electron chi connectivity index (χ0n) is 23.4. The van der Waals surface area contributed by atoms with Crippen LogP contribution in [0.15, 0.2) is 30.9 Å². The van der Waals surface area contributed by atoms with Gasteiger partial charge in [-0.15, -0.1) is 0 Å². The van der Waals surface area contributed by atoms with Crippen molar-refractivity contribution in [2.75, 3.05) is 63.2 Å². The van der Waals surface area contributed by atoms with Gasteiger partial charge in [-0.25, -0.2) is 0 Å². The molecule has 2 aliphatic heterocycles. The monoisotopic (exact) mass is 529 g/mol. The summed E-state index contributed by atoms with van der Waals surface area (Å²) in [5, 5.41) is 9.46. The molecule has 206 valence electrons. The molecular formula is C30H39N7O2. The Labute approximate surface area is 231 Å². The van der Waals surface area contributed by atoms with Gasteiger partial charge in [-0.05, 0) is 63.6 Å². The first-order chi connectivity index (χ1) is 18.9. The van der Waals surface area contributed by atoms with Crippen LogP contribution < -0.4 is 14.5 Å². The molecule has 1 aliphatic carbocycles. The average molecular weight is 530 g/mol. The van der Waals surface area contributed by atoms with E-state index in [1.165, 1.54) is 28.5 Å². The lowest BCUT2D eigenvalue weighted by atomic mass is 9.90. The third kappa shape index (κ3) is 5.71. The Morgan fingerprint density at radius 1 is 1.26 bits per heavy atom. The second kappa shape index (κ2) is 11.6. The molecule has 1 saturated heterocycles. The van der Waals surface area contributed by atoms with Crippen molar-refractivity contribution < 1.29 is 9.53 Å². The van der Waals surface area contributed by atoms with Gasteiger partial charge in [-0.2, -0.15) is 15.2 Å². The molecule has 39 heavy (non-hydrogen) atoms. The largest absolute Gasteiger partial charge is 0.462 e. The first-order valence-electron chi connectivity index (χ1n) is 14.0. The van der Waals surface area contributed by atoms with E-state index in [4.69, 9.17) is 14.7 Å². The Balaban J connectivity index is 1.43. The quantitative estimate of drug-likeness (QED) is 0.483. The number of rotatable bonds is 8. The lowest BCUT2D eigenvalue weighted by Gasteiger charge is -2.42. The van der Waals surface area contributed by atoms with Crippen LogP contribution in [0.3, 0.4) is 0 Å². The molecule has 1 fully saturated rings. The first kappa shape index (κ1) is 26.9. The third-order valence-corrected chi connectivity index (χ3v) is 8.16. The smallest absolute Gasteiger partial charge is 0.318 e. The summed E-state index contributed by atoms with van der Waals surface area (Å²) in [5.41, 5.74) is 6.31. The number of benzene rings is 1. The standard InChI is InChI=1S/C30H39N7O2/c1-5-28(38)37-15-14-35(20-24(37)10-12-31)29-25-9-8-23(36-13-11-22-7-6-21(2)18-27(22)36)19-26(25)32-30(33-29)39-17-16-34(3)4/h5-7,18,23-24H,1,8-11,13-17,19-20H2,2-4H3. The number of carbonyl (C=O) groups excluding carboxylic acids is 1. The van der Waals surface area contributed by atoms with Crippen molar-refractivity contribution in [3.8, 4) is 12.1 Å². The number of ether oxygens (including phenoxy) is 1. The molecule has 2 aromatic rings. The van der Waals surface area contributed by atoms with Crippen molar-refractivity contribution in [2.45, 2.75) is 51.1 Å². The number of aryl methyl sites for hydroxylation is 1. The van der Waals surface area contributed by atoms with Gasteiger partial charge in [0.1, 0.15) is 12.4 Å². The van der Waals surface area contributed by atoms with Crippen LogP contribution in [0, 0.1) is 18.3 Å². The van der Waals surface area contributed by atoms with E-state index in [1.54, 1.807) is 4.90 Å². The SMILES string of the molecule is C=CC(=O)N1CCN(c2nc(OCCN(C)C)nc3c2CCC(N2CCc4ccc(C)cc42)C3)CC1CC#N. The minimum absolute atomic E-state index is 0.128. The molecule has 1 aromatic carbocycles. The van der Waals surface area contributed by atoms with E-state index in [2.05, 4.69) is 52.5 Å². The minimum Gasteiger partial charge on any atom is -0.462 e. The van der Waals surface area contributed by atoms with Gasteiger partial charge in [0.2, 0.25) is 5.91 Å². The molecule has 1 amide bonds. The van der Waals surface area contributed by atoms with E-state index in [-0.39, 0.29) is 18.4 Å². The van der Waals surface area contributed by atoms with Crippen LogP contribution in [0.4, 0.5) is 11.5 Å². The molecule has 0 N–H and O–H groups in total. The summed E-state index contributed by atoms with van der Waals surface area (Å²) < 4.78 is 6.06. The molecule has 2 atom stereocenters. The van der Waals surface area contributed by atoms with Crippen LogP contribution in [0.1, 0.15) is 35.2 Å². The van der Waals surface area contributed by atoms with Crippen molar-refractivity contribution >= 4 is 17.4 Å². The van der Waals surface area contributed by atoms with E-state index in [9.17, 15) is 10.1 Å². The number of likely N-dealkylation sites (N-methyl/N-ethyl adjacent to an activating group) is 1.